The van der Waals surface area contributed by atoms with Crippen LogP contribution >= 0.6 is 22.9 Å². The zero-order chi connectivity index (χ0) is 8.27. The van der Waals surface area contributed by atoms with Gasteiger partial charge in [-0.3, -0.25) is 0 Å². The average molecular weight is 262 g/mol. The number of anilines is 1. The first kappa shape index (κ1) is 8.27. The molecule has 4 heteroatoms. The number of nitrogens with one attached hydrogen (secondary N) is 1. The second kappa shape index (κ2) is 3.53. The predicted octanol–water partition coefficient (Wildman–Crippen LogP) is 2.46. The van der Waals surface area contributed by atoms with Gasteiger partial charge in [0.2, 0.25) is 0 Å². The second-order valence-corrected chi connectivity index (χ2v) is 2.41. The fraction of sp³-hybridized carbons (Fsp3) is 0. The quantitative estimate of drug-likeness (QED) is 0.623. The van der Waals surface area contributed by atoms with Crippen LogP contribution in [0.3, 0.4) is 0 Å². The van der Waals surface area contributed by atoms with E-state index in [0.717, 1.165) is 0 Å². The van der Waals surface area contributed by atoms with Crippen molar-refractivity contribution in [3.05, 3.63) is 29.6 Å². The third-order valence-corrected chi connectivity index (χ3v) is 1.81. The predicted molar refractivity (Wildman–Crippen MR) is 48.8 cm³/mol. The van der Waals surface area contributed by atoms with Crippen molar-refractivity contribution in [3.63, 3.8) is 0 Å². The standard InChI is InChI=1S/C7H4FIN2/c8-6-2-1-3-7(11-9)5(6)4-10/h1-3,11H. The summed E-state index contributed by atoms with van der Waals surface area (Å²) in [4.78, 5) is 0. The van der Waals surface area contributed by atoms with Gasteiger partial charge in [-0.1, -0.05) is 6.07 Å². The summed E-state index contributed by atoms with van der Waals surface area (Å²) in [5, 5.41) is 8.50. The lowest BCUT2D eigenvalue weighted by molar-refractivity contribution is 0.625. The van der Waals surface area contributed by atoms with Crippen molar-refractivity contribution in [1.82, 2.24) is 0 Å². The van der Waals surface area contributed by atoms with Crippen LogP contribution in [0.25, 0.3) is 0 Å². The minimum Gasteiger partial charge on any atom is -0.327 e. The van der Waals surface area contributed by atoms with Crippen molar-refractivity contribution in [3.8, 4) is 6.07 Å². The summed E-state index contributed by atoms with van der Waals surface area (Å²) in [6, 6.07) is 6.23. The summed E-state index contributed by atoms with van der Waals surface area (Å²) in [6.07, 6.45) is 0. The lowest BCUT2D eigenvalue weighted by atomic mass is 10.2. The minimum atomic E-state index is -0.492. The van der Waals surface area contributed by atoms with Gasteiger partial charge in [-0.15, -0.1) is 0 Å². The van der Waals surface area contributed by atoms with Crippen LogP contribution in [-0.2, 0) is 0 Å². The lowest BCUT2D eigenvalue weighted by Crippen LogP contribution is -1.89. The van der Waals surface area contributed by atoms with Crippen LogP contribution in [0.4, 0.5) is 10.1 Å². The van der Waals surface area contributed by atoms with Gasteiger partial charge in [0.1, 0.15) is 17.4 Å². The molecule has 0 aliphatic rings. The summed E-state index contributed by atoms with van der Waals surface area (Å²) in [7, 11) is 0. The molecule has 0 aliphatic carbocycles. The van der Waals surface area contributed by atoms with E-state index in [0.29, 0.717) is 5.69 Å². The molecule has 0 aromatic heterocycles. The van der Waals surface area contributed by atoms with E-state index in [9.17, 15) is 4.39 Å². The third-order valence-electron chi connectivity index (χ3n) is 1.23. The number of nitriles is 1. The SMILES string of the molecule is N#Cc1c(F)cccc1NI. The molecular formula is C7H4FIN2. The fourth-order valence-electron chi connectivity index (χ4n) is 0.717. The van der Waals surface area contributed by atoms with Crippen molar-refractivity contribution >= 4 is 28.6 Å². The second-order valence-electron chi connectivity index (χ2n) is 1.87. The van der Waals surface area contributed by atoms with Gasteiger partial charge in [0, 0.05) is 0 Å². The van der Waals surface area contributed by atoms with Gasteiger partial charge >= 0.3 is 0 Å². The number of nitrogens with zero attached hydrogens (tertiary/aromatic N) is 1. The molecule has 0 atom stereocenters. The first-order valence-corrected chi connectivity index (χ1v) is 3.92. The Labute approximate surface area is 77.5 Å². The van der Waals surface area contributed by atoms with Gasteiger partial charge in [-0.2, -0.15) is 5.26 Å². The van der Waals surface area contributed by atoms with Crippen LogP contribution in [0.1, 0.15) is 5.56 Å². The Bertz CT molecular complexity index is 306. The molecule has 2 nitrogen and oxygen atoms in total. The van der Waals surface area contributed by atoms with Gasteiger partial charge < -0.3 is 3.53 Å². The van der Waals surface area contributed by atoms with Crippen molar-refractivity contribution in [2.45, 2.75) is 0 Å². The normalized spacial score (nSPS) is 8.82. The van der Waals surface area contributed by atoms with Gasteiger partial charge in [0.25, 0.3) is 0 Å². The Morgan fingerprint density at radius 1 is 1.55 bits per heavy atom. The average Bonchev–Trinajstić information content (AvgIpc) is 2.04. The van der Waals surface area contributed by atoms with E-state index < -0.39 is 5.82 Å². The Morgan fingerprint density at radius 3 is 2.73 bits per heavy atom. The van der Waals surface area contributed by atoms with E-state index >= 15 is 0 Å². The van der Waals surface area contributed by atoms with Crippen LogP contribution in [0.15, 0.2) is 18.2 Å². The highest BCUT2D eigenvalue weighted by Crippen LogP contribution is 2.18. The molecule has 0 saturated carbocycles. The van der Waals surface area contributed by atoms with Gasteiger partial charge in [-0.05, 0) is 12.1 Å². The van der Waals surface area contributed by atoms with Gasteiger partial charge in [0.15, 0.2) is 0 Å². The number of halogens is 2. The van der Waals surface area contributed by atoms with E-state index in [4.69, 9.17) is 5.26 Å². The Kier molecular flexibility index (Phi) is 2.65. The van der Waals surface area contributed by atoms with E-state index in [2.05, 4.69) is 3.53 Å². The zero-order valence-electron chi connectivity index (χ0n) is 5.44. The van der Waals surface area contributed by atoms with Crippen molar-refractivity contribution < 1.29 is 4.39 Å². The molecule has 0 unspecified atom stereocenters. The topological polar surface area (TPSA) is 35.8 Å². The number of hydrogen-bond acceptors (Lipinski definition) is 2. The molecule has 0 radical (unpaired) electrons. The molecule has 0 spiro atoms. The smallest absolute Gasteiger partial charge is 0.143 e. The summed E-state index contributed by atoms with van der Waals surface area (Å²) in [5.41, 5.74) is 0.565. The number of benzene rings is 1. The zero-order valence-corrected chi connectivity index (χ0v) is 7.59. The molecule has 0 aliphatic heterocycles. The van der Waals surface area contributed by atoms with E-state index in [1.165, 1.54) is 6.07 Å². The molecule has 0 fully saturated rings. The lowest BCUT2D eigenvalue weighted by Gasteiger charge is -1.99. The Balaban J connectivity index is 3.27. The van der Waals surface area contributed by atoms with Gasteiger partial charge in [-0.25, -0.2) is 4.39 Å². The molecule has 1 aromatic carbocycles. The van der Waals surface area contributed by atoms with Crippen LogP contribution in [-0.4, -0.2) is 0 Å². The van der Waals surface area contributed by atoms with Crippen LogP contribution < -0.4 is 3.53 Å². The first-order valence-electron chi connectivity index (χ1n) is 2.85. The molecule has 1 rings (SSSR count). The summed E-state index contributed by atoms with van der Waals surface area (Å²) < 4.78 is 15.5. The largest absolute Gasteiger partial charge is 0.327 e. The fourth-order valence-corrected chi connectivity index (χ4v) is 1.17. The molecule has 56 valence electrons. The van der Waals surface area contributed by atoms with Crippen molar-refractivity contribution in [2.75, 3.05) is 3.53 Å². The first-order chi connectivity index (χ1) is 5.29. The molecule has 11 heavy (non-hydrogen) atoms. The van der Waals surface area contributed by atoms with Crippen LogP contribution in [0.5, 0.6) is 0 Å². The third kappa shape index (κ3) is 1.60. The summed E-state index contributed by atoms with van der Waals surface area (Å²) in [6.45, 7) is 0. The molecule has 1 aromatic rings. The Hall–Kier alpha value is -0.830. The molecule has 0 bridgehead atoms. The highest BCUT2D eigenvalue weighted by atomic mass is 127. The Morgan fingerprint density at radius 2 is 2.27 bits per heavy atom. The van der Waals surface area contributed by atoms with Crippen molar-refractivity contribution in [2.24, 2.45) is 0 Å². The highest BCUT2D eigenvalue weighted by Gasteiger charge is 2.04. The van der Waals surface area contributed by atoms with E-state index in [1.807, 2.05) is 22.9 Å². The maximum absolute atomic E-state index is 12.8. The molecule has 0 amide bonds. The van der Waals surface area contributed by atoms with Crippen LogP contribution in [0.2, 0.25) is 0 Å². The van der Waals surface area contributed by atoms with E-state index in [1.54, 1.807) is 18.2 Å². The maximum atomic E-state index is 12.8. The van der Waals surface area contributed by atoms with E-state index in [-0.39, 0.29) is 5.56 Å². The van der Waals surface area contributed by atoms with Crippen LogP contribution in [0, 0.1) is 17.1 Å². The number of rotatable bonds is 1. The number of hydrogen-bond donors (Lipinski definition) is 1. The summed E-state index contributed by atoms with van der Waals surface area (Å²) >= 11 is 1.85. The monoisotopic (exact) mass is 262 g/mol. The van der Waals surface area contributed by atoms with Crippen molar-refractivity contribution in [1.29, 1.82) is 5.26 Å². The maximum Gasteiger partial charge on any atom is 0.143 e. The minimum absolute atomic E-state index is 0.0573. The van der Waals surface area contributed by atoms with Gasteiger partial charge in [0.05, 0.1) is 28.6 Å². The molecule has 1 N–H and O–H groups in total. The molecule has 0 saturated heterocycles. The molecular weight excluding hydrogens is 258 g/mol. The summed E-state index contributed by atoms with van der Waals surface area (Å²) in [5.74, 6) is -0.492. The molecule has 0 heterocycles. The highest BCUT2D eigenvalue weighted by molar-refractivity contribution is 14.1.